The molecular weight excluding hydrogens is 287 g/mol. The molecule has 1 N–H and O–H groups in total. The van der Waals surface area contributed by atoms with Crippen LogP contribution >= 0.6 is 0 Å². The van der Waals surface area contributed by atoms with Gasteiger partial charge < -0.3 is 14.6 Å². The molecule has 1 aromatic rings. The summed E-state index contributed by atoms with van der Waals surface area (Å²) in [5, 5.41) is 7.16. The molecule has 2 rings (SSSR count). The average molecular weight is 307 g/mol. The van der Waals surface area contributed by atoms with Gasteiger partial charge in [0, 0.05) is 18.9 Å². The highest BCUT2D eigenvalue weighted by Crippen LogP contribution is 2.33. The molecule has 8 heteroatoms. The third kappa shape index (κ3) is 6.01. The van der Waals surface area contributed by atoms with Crippen molar-refractivity contribution < 1.29 is 22.4 Å². The molecule has 1 aromatic heterocycles. The van der Waals surface area contributed by atoms with E-state index in [1.165, 1.54) is 12.8 Å². The molecule has 1 unspecified atom stereocenters. The van der Waals surface area contributed by atoms with Crippen molar-refractivity contribution in [2.45, 2.75) is 44.8 Å². The van der Waals surface area contributed by atoms with Crippen LogP contribution in [-0.4, -0.2) is 42.1 Å². The zero-order valence-corrected chi connectivity index (χ0v) is 11.9. The minimum absolute atomic E-state index is 0.0717. The van der Waals surface area contributed by atoms with E-state index in [4.69, 9.17) is 4.52 Å². The van der Waals surface area contributed by atoms with E-state index in [1.54, 1.807) is 0 Å². The first-order chi connectivity index (χ1) is 9.98. The monoisotopic (exact) mass is 307 g/mol. The highest BCUT2D eigenvalue weighted by molar-refractivity contribution is 4.95. The van der Waals surface area contributed by atoms with Gasteiger partial charge in [0.15, 0.2) is 5.82 Å². The Balaban J connectivity index is 1.73. The van der Waals surface area contributed by atoms with Crippen molar-refractivity contribution in [2.75, 3.05) is 19.8 Å². The zero-order valence-electron chi connectivity index (χ0n) is 11.9. The first-order valence-electron chi connectivity index (χ1n) is 7.17. The van der Waals surface area contributed by atoms with Gasteiger partial charge in [0.2, 0.25) is 5.89 Å². The van der Waals surface area contributed by atoms with Gasteiger partial charge in [-0.1, -0.05) is 12.1 Å². The van der Waals surface area contributed by atoms with Crippen molar-refractivity contribution in [1.82, 2.24) is 15.5 Å². The largest absolute Gasteiger partial charge is 0.411 e. The van der Waals surface area contributed by atoms with E-state index in [0.29, 0.717) is 30.1 Å². The molecule has 0 aliphatic heterocycles. The molecule has 21 heavy (non-hydrogen) atoms. The second-order valence-electron chi connectivity index (χ2n) is 5.23. The third-order valence-electron chi connectivity index (χ3n) is 3.30. The number of nitrogens with zero attached hydrogens (tertiary/aromatic N) is 2. The van der Waals surface area contributed by atoms with Gasteiger partial charge >= 0.3 is 6.18 Å². The molecule has 1 aliphatic rings. The van der Waals surface area contributed by atoms with Crippen molar-refractivity contribution in [2.24, 2.45) is 5.92 Å². The summed E-state index contributed by atoms with van der Waals surface area (Å²) in [5.41, 5.74) is 0. The predicted molar refractivity (Wildman–Crippen MR) is 68.8 cm³/mol. The van der Waals surface area contributed by atoms with Crippen LogP contribution in [0.25, 0.3) is 0 Å². The Bertz CT molecular complexity index is 433. The molecule has 120 valence electrons. The summed E-state index contributed by atoms with van der Waals surface area (Å²) in [5.74, 6) is 1.58. The van der Waals surface area contributed by atoms with E-state index >= 15 is 0 Å². The Kier molecular flexibility index (Phi) is 5.58. The van der Waals surface area contributed by atoms with Gasteiger partial charge in [0.1, 0.15) is 6.61 Å². The zero-order chi connectivity index (χ0) is 15.3. The first-order valence-corrected chi connectivity index (χ1v) is 7.17. The van der Waals surface area contributed by atoms with Crippen molar-refractivity contribution >= 4 is 0 Å². The van der Waals surface area contributed by atoms with E-state index < -0.39 is 12.8 Å². The lowest BCUT2D eigenvalue weighted by molar-refractivity contribution is -0.173. The summed E-state index contributed by atoms with van der Waals surface area (Å²) < 4.78 is 45.4. The number of aromatic nitrogens is 2. The van der Waals surface area contributed by atoms with E-state index in [1.807, 2.05) is 6.92 Å². The summed E-state index contributed by atoms with van der Waals surface area (Å²) >= 11 is 0. The number of hydrogen-bond acceptors (Lipinski definition) is 5. The SMILES string of the molecule is CCNC(Cc1nc(CCOCC(F)(F)F)no1)C1CC1. The molecule has 1 aliphatic carbocycles. The van der Waals surface area contributed by atoms with Crippen LogP contribution in [0.4, 0.5) is 13.2 Å². The van der Waals surface area contributed by atoms with Crippen LogP contribution in [0.1, 0.15) is 31.5 Å². The molecule has 0 saturated heterocycles. The number of ether oxygens (including phenoxy) is 1. The number of alkyl halides is 3. The Morgan fingerprint density at radius 1 is 1.43 bits per heavy atom. The molecule has 0 bridgehead atoms. The molecule has 0 spiro atoms. The molecule has 1 atom stereocenters. The normalized spacial score (nSPS) is 17.1. The molecule has 0 amide bonds. The Hall–Kier alpha value is -1.15. The number of rotatable bonds is 9. The molecule has 1 saturated carbocycles. The van der Waals surface area contributed by atoms with Crippen molar-refractivity contribution in [3.05, 3.63) is 11.7 Å². The molecular formula is C13H20F3N3O2. The van der Waals surface area contributed by atoms with Gasteiger partial charge in [-0.2, -0.15) is 18.2 Å². The molecule has 1 fully saturated rings. The van der Waals surface area contributed by atoms with E-state index in [9.17, 15) is 13.2 Å². The fourth-order valence-electron chi connectivity index (χ4n) is 2.18. The summed E-state index contributed by atoms with van der Waals surface area (Å²) in [6.07, 6.45) is -0.997. The van der Waals surface area contributed by atoms with Crippen molar-refractivity contribution in [1.29, 1.82) is 0 Å². The summed E-state index contributed by atoms with van der Waals surface area (Å²) in [4.78, 5) is 4.20. The van der Waals surface area contributed by atoms with Crippen LogP contribution in [0.15, 0.2) is 4.52 Å². The van der Waals surface area contributed by atoms with E-state index in [0.717, 1.165) is 6.54 Å². The Morgan fingerprint density at radius 3 is 2.81 bits per heavy atom. The lowest BCUT2D eigenvalue weighted by Crippen LogP contribution is -2.33. The second kappa shape index (κ2) is 7.22. The number of nitrogens with one attached hydrogen (secondary N) is 1. The van der Waals surface area contributed by atoms with Crippen LogP contribution in [0.2, 0.25) is 0 Å². The van der Waals surface area contributed by atoms with Gasteiger partial charge in [0.25, 0.3) is 0 Å². The Labute approximate surface area is 121 Å². The minimum Gasteiger partial charge on any atom is -0.372 e. The molecule has 0 radical (unpaired) electrons. The predicted octanol–water partition coefficient (Wildman–Crippen LogP) is 2.12. The topological polar surface area (TPSA) is 60.2 Å². The first kappa shape index (κ1) is 16.2. The maximum absolute atomic E-state index is 11.9. The Morgan fingerprint density at radius 2 is 2.19 bits per heavy atom. The standard InChI is InChI=1S/C13H20F3N3O2/c1-2-17-10(9-3-4-9)7-12-18-11(19-21-12)5-6-20-8-13(14,15)16/h9-10,17H,2-8H2,1H3. The third-order valence-corrected chi connectivity index (χ3v) is 3.30. The lowest BCUT2D eigenvalue weighted by Gasteiger charge is -2.14. The van der Waals surface area contributed by atoms with Crippen LogP contribution in [0, 0.1) is 5.92 Å². The maximum atomic E-state index is 11.9. The fourth-order valence-corrected chi connectivity index (χ4v) is 2.18. The van der Waals surface area contributed by atoms with Gasteiger partial charge in [-0.3, -0.25) is 0 Å². The summed E-state index contributed by atoms with van der Waals surface area (Å²) in [7, 11) is 0. The smallest absolute Gasteiger partial charge is 0.372 e. The summed E-state index contributed by atoms with van der Waals surface area (Å²) in [6.45, 7) is 1.61. The second-order valence-corrected chi connectivity index (χ2v) is 5.23. The molecule has 5 nitrogen and oxygen atoms in total. The van der Waals surface area contributed by atoms with Gasteiger partial charge in [0.05, 0.1) is 6.61 Å². The lowest BCUT2D eigenvalue weighted by atomic mass is 10.1. The van der Waals surface area contributed by atoms with Crippen molar-refractivity contribution in [3.8, 4) is 0 Å². The van der Waals surface area contributed by atoms with Gasteiger partial charge in [-0.05, 0) is 25.3 Å². The van der Waals surface area contributed by atoms with Gasteiger partial charge in [-0.15, -0.1) is 0 Å². The molecule has 1 heterocycles. The van der Waals surface area contributed by atoms with Crippen LogP contribution in [0.5, 0.6) is 0 Å². The van der Waals surface area contributed by atoms with E-state index in [2.05, 4.69) is 20.2 Å². The fraction of sp³-hybridized carbons (Fsp3) is 0.846. The van der Waals surface area contributed by atoms with Crippen LogP contribution in [-0.2, 0) is 17.6 Å². The van der Waals surface area contributed by atoms with Crippen LogP contribution < -0.4 is 5.32 Å². The average Bonchev–Trinajstić information content (AvgIpc) is 3.15. The highest BCUT2D eigenvalue weighted by Gasteiger charge is 2.32. The molecule has 0 aromatic carbocycles. The van der Waals surface area contributed by atoms with Gasteiger partial charge in [-0.25, -0.2) is 0 Å². The maximum Gasteiger partial charge on any atom is 0.411 e. The van der Waals surface area contributed by atoms with Crippen LogP contribution in [0.3, 0.4) is 0 Å². The van der Waals surface area contributed by atoms with Crippen molar-refractivity contribution in [3.63, 3.8) is 0 Å². The highest BCUT2D eigenvalue weighted by atomic mass is 19.4. The number of halogens is 3. The van der Waals surface area contributed by atoms with E-state index in [-0.39, 0.29) is 13.0 Å². The summed E-state index contributed by atoms with van der Waals surface area (Å²) in [6, 6.07) is 0.338. The quantitative estimate of drug-likeness (QED) is 0.708. The minimum atomic E-state index is -4.30. The number of likely N-dealkylation sites (N-methyl/N-ethyl adjacent to an activating group) is 1. The number of hydrogen-bond donors (Lipinski definition) is 1.